The number of nitrogens with one attached hydrogen (secondary N) is 1. The summed E-state index contributed by atoms with van der Waals surface area (Å²) < 4.78 is 0. The van der Waals surface area contributed by atoms with Crippen molar-refractivity contribution in [2.24, 2.45) is 0 Å². The standard InChI is InChI=1S/C8H14N2/c1-2-8(7-9)5-3-4-6-10-8/h10H,2-6H2,1H3. The van der Waals surface area contributed by atoms with Crippen molar-refractivity contribution in [3.05, 3.63) is 0 Å². The molecule has 10 heavy (non-hydrogen) atoms. The summed E-state index contributed by atoms with van der Waals surface area (Å²) in [6.45, 7) is 3.09. The highest BCUT2D eigenvalue weighted by atomic mass is 15.0. The Morgan fingerprint density at radius 3 is 2.70 bits per heavy atom. The third-order valence-electron chi connectivity index (χ3n) is 2.31. The highest BCUT2D eigenvalue weighted by molar-refractivity contribution is 5.07. The lowest BCUT2D eigenvalue weighted by molar-refractivity contribution is 0.315. The Morgan fingerprint density at radius 2 is 2.40 bits per heavy atom. The minimum atomic E-state index is -0.182. The molecule has 1 N–H and O–H groups in total. The third-order valence-corrected chi connectivity index (χ3v) is 2.31. The third kappa shape index (κ3) is 1.30. The van der Waals surface area contributed by atoms with E-state index in [1.165, 1.54) is 12.8 Å². The molecule has 0 aromatic carbocycles. The van der Waals surface area contributed by atoms with Crippen LogP contribution in [0.25, 0.3) is 0 Å². The molecule has 0 saturated carbocycles. The van der Waals surface area contributed by atoms with Crippen molar-refractivity contribution in [1.29, 1.82) is 5.26 Å². The number of hydrogen-bond acceptors (Lipinski definition) is 2. The van der Waals surface area contributed by atoms with Gasteiger partial charge in [-0.3, -0.25) is 5.32 Å². The second-order valence-electron chi connectivity index (χ2n) is 2.93. The summed E-state index contributed by atoms with van der Waals surface area (Å²) in [5.74, 6) is 0. The van der Waals surface area contributed by atoms with Crippen LogP contribution in [0.1, 0.15) is 32.6 Å². The maximum absolute atomic E-state index is 8.83. The van der Waals surface area contributed by atoms with Gasteiger partial charge in [0.2, 0.25) is 0 Å². The number of nitriles is 1. The van der Waals surface area contributed by atoms with Gasteiger partial charge in [0.25, 0.3) is 0 Å². The number of hydrogen-bond donors (Lipinski definition) is 1. The minimum absolute atomic E-state index is 0.182. The molecule has 1 unspecified atom stereocenters. The molecule has 0 bridgehead atoms. The van der Waals surface area contributed by atoms with E-state index in [9.17, 15) is 0 Å². The molecule has 0 aromatic heterocycles. The van der Waals surface area contributed by atoms with Crippen molar-refractivity contribution in [2.45, 2.75) is 38.1 Å². The Bertz CT molecular complexity index is 140. The Hall–Kier alpha value is -0.550. The first-order valence-corrected chi connectivity index (χ1v) is 3.99. The fraction of sp³-hybridized carbons (Fsp3) is 0.875. The summed E-state index contributed by atoms with van der Waals surface area (Å²) in [5.41, 5.74) is -0.182. The minimum Gasteiger partial charge on any atom is -0.299 e. The second kappa shape index (κ2) is 3.03. The van der Waals surface area contributed by atoms with Gasteiger partial charge in [0.05, 0.1) is 6.07 Å². The molecule has 2 heteroatoms. The maximum atomic E-state index is 8.83. The lowest BCUT2D eigenvalue weighted by Crippen LogP contribution is -2.46. The van der Waals surface area contributed by atoms with Crippen LogP contribution in [0.4, 0.5) is 0 Å². The van der Waals surface area contributed by atoms with Gasteiger partial charge in [0.15, 0.2) is 0 Å². The molecule has 0 amide bonds. The number of rotatable bonds is 1. The van der Waals surface area contributed by atoms with Crippen molar-refractivity contribution < 1.29 is 0 Å². The summed E-state index contributed by atoms with van der Waals surface area (Å²) in [6, 6.07) is 2.36. The zero-order chi connectivity index (χ0) is 7.45. The van der Waals surface area contributed by atoms with Gasteiger partial charge in [0.1, 0.15) is 5.54 Å². The van der Waals surface area contributed by atoms with Crippen molar-refractivity contribution in [3.8, 4) is 6.07 Å². The van der Waals surface area contributed by atoms with E-state index in [1.54, 1.807) is 0 Å². The smallest absolute Gasteiger partial charge is 0.106 e. The molecular weight excluding hydrogens is 124 g/mol. The van der Waals surface area contributed by atoms with E-state index in [4.69, 9.17) is 5.26 Å². The van der Waals surface area contributed by atoms with E-state index in [0.29, 0.717) is 0 Å². The summed E-state index contributed by atoms with van der Waals surface area (Å²) in [4.78, 5) is 0. The molecule has 1 atom stereocenters. The van der Waals surface area contributed by atoms with Gasteiger partial charge in [-0.15, -0.1) is 0 Å². The van der Waals surface area contributed by atoms with E-state index >= 15 is 0 Å². The van der Waals surface area contributed by atoms with Gasteiger partial charge in [-0.2, -0.15) is 5.26 Å². The first-order valence-electron chi connectivity index (χ1n) is 3.99. The van der Waals surface area contributed by atoms with Crippen LogP contribution < -0.4 is 5.32 Å². The van der Waals surface area contributed by atoms with Crippen molar-refractivity contribution >= 4 is 0 Å². The van der Waals surface area contributed by atoms with Gasteiger partial charge in [-0.25, -0.2) is 0 Å². The molecule has 1 aliphatic rings. The Balaban J connectivity index is 2.55. The quantitative estimate of drug-likeness (QED) is 0.595. The summed E-state index contributed by atoms with van der Waals surface area (Å²) in [5, 5.41) is 12.1. The second-order valence-corrected chi connectivity index (χ2v) is 2.93. The van der Waals surface area contributed by atoms with E-state index < -0.39 is 0 Å². The zero-order valence-corrected chi connectivity index (χ0v) is 6.48. The highest BCUT2D eigenvalue weighted by Crippen LogP contribution is 2.21. The lowest BCUT2D eigenvalue weighted by atomic mass is 9.88. The lowest BCUT2D eigenvalue weighted by Gasteiger charge is -2.30. The predicted octanol–water partition coefficient (Wildman–Crippen LogP) is 1.43. The molecule has 1 saturated heterocycles. The molecule has 0 aliphatic carbocycles. The van der Waals surface area contributed by atoms with Crippen molar-refractivity contribution in [2.75, 3.05) is 6.54 Å². The predicted molar refractivity (Wildman–Crippen MR) is 40.5 cm³/mol. The van der Waals surface area contributed by atoms with Crippen molar-refractivity contribution in [3.63, 3.8) is 0 Å². The van der Waals surface area contributed by atoms with Crippen LogP contribution in [0.2, 0.25) is 0 Å². The van der Waals surface area contributed by atoms with Gasteiger partial charge in [-0.05, 0) is 32.2 Å². The Morgan fingerprint density at radius 1 is 1.60 bits per heavy atom. The Labute approximate surface area is 62.2 Å². The van der Waals surface area contributed by atoms with Crippen LogP contribution in [0.5, 0.6) is 0 Å². The van der Waals surface area contributed by atoms with Crippen LogP contribution in [-0.4, -0.2) is 12.1 Å². The summed E-state index contributed by atoms with van der Waals surface area (Å²) in [6.07, 6.45) is 4.39. The number of piperidine rings is 1. The molecule has 0 spiro atoms. The molecule has 0 radical (unpaired) electrons. The maximum Gasteiger partial charge on any atom is 0.106 e. The van der Waals surface area contributed by atoms with Gasteiger partial charge in [-0.1, -0.05) is 6.92 Å². The van der Waals surface area contributed by atoms with E-state index in [0.717, 1.165) is 19.4 Å². The molecule has 56 valence electrons. The molecule has 2 nitrogen and oxygen atoms in total. The Kier molecular flexibility index (Phi) is 2.29. The SMILES string of the molecule is CCC1(C#N)CCCCN1. The normalized spacial score (nSPS) is 33.2. The van der Waals surface area contributed by atoms with Gasteiger partial charge >= 0.3 is 0 Å². The van der Waals surface area contributed by atoms with Crippen LogP contribution in [0.3, 0.4) is 0 Å². The number of nitrogens with zero attached hydrogens (tertiary/aromatic N) is 1. The van der Waals surface area contributed by atoms with Crippen LogP contribution >= 0.6 is 0 Å². The molecule has 1 rings (SSSR count). The van der Waals surface area contributed by atoms with E-state index in [2.05, 4.69) is 18.3 Å². The average molecular weight is 138 g/mol. The first kappa shape index (κ1) is 7.56. The van der Waals surface area contributed by atoms with Gasteiger partial charge in [0, 0.05) is 0 Å². The molecule has 1 aliphatic heterocycles. The van der Waals surface area contributed by atoms with Crippen LogP contribution in [-0.2, 0) is 0 Å². The molecular formula is C8H14N2. The fourth-order valence-corrected chi connectivity index (χ4v) is 1.44. The largest absolute Gasteiger partial charge is 0.299 e. The first-order chi connectivity index (χ1) is 4.83. The fourth-order valence-electron chi connectivity index (χ4n) is 1.44. The monoisotopic (exact) mass is 138 g/mol. The van der Waals surface area contributed by atoms with E-state index in [1.807, 2.05) is 0 Å². The summed E-state index contributed by atoms with van der Waals surface area (Å²) in [7, 11) is 0. The topological polar surface area (TPSA) is 35.8 Å². The van der Waals surface area contributed by atoms with Gasteiger partial charge < -0.3 is 0 Å². The molecule has 0 aromatic rings. The van der Waals surface area contributed by atoms with Crippen LogP contribution in [0.15, 0.2) is 0 Å². The van der Waals surface area contributed by atoms with Crippen molar-refractivity contribution in [1.82, 2.24) is 5.32 Å². The van der Waals surface area contributed by atoms with Crippen LogP contribution in [0, 0.1) is 11.3 Å². The molecule has 1 fully saturated rings. The van der Waals surface area contributed by atoms with E-state index in [-0.39, 0.29) is 5.54 Å². The highest BCUT2D eigenvalue weighted by Gasteiger charge is 2.28. The average Bonchev–Trinajstić information content (AvgIpc) is 2.06. The summed E-state index contributed by atoms with van der Waals surface area (Å²) >= 11 is 0. The molecule has 1 heterocycles. The zero-order valence-electron chi connectivity index (χ0n) is 6.48.